The number of halogens is 2. The summed E-state index contributed by atoms with van der Waals surface area (Å²) in [4.78, 5) is 10.7. The van der Waals surface area contributed by atoms with Gasteiger partial charge in [0.25, 0.3) is 0 Å². The van der Waals surface area contributed by atoms with E-state index in [1.807, 2.05) is 0 Å². The number of rotatable bonds is 1. The molecular weight excluding hydrogens is 219 g/mol. The van der Waals surface area contributed by atoms with Crippen LogP contribution in [0.1, 0.15) is 12.0 Å². The summed E-state index contributed by atoms with van der Waals surface area (Å²) < 4.78 is 17.3. The van der Waals surface area contributed by atoms with E-state index in [0.29, 0.717) is 5.56 Å². The molecule has 0 fully saturated rings. The topological polar surface area (TPSA) is 26.3 Å². The van der Waals surface area contributed by atoms with Crippen LogP contribution in [0.15, 0.2) is 18.2 Å². The molecule has 0 bridgehead atoms. The summed E-state index contributed by atoms with van der Waals surface area (Å²) in [5, 5.41) is -0.0325. The summed E-state index contributed by atoms with van der Waals surface area (Å²) in [5.41, 5.74) is 0.362. The van der Waals surface area contributed by atoms with Gasteiger partial charge in [0.15, 0.2) is 0 Å². The van der Waals surface area contributed by atoms with Gasteiger partial charge in [0.2, 0.25) is 0 Å². The molecule has 0 spiro atoms. The molecule has 0 aromatic heterocycles. The van der Waals surface area contributed by atoms with Crippen LogP contribution in [0.25, 0.3) is 0 Å². The third kappa shape index (κ3) is 3.26. The van der Waals surface area contributed by atoms with Crippen LogP contribution < -0.4 is 0 Å². The Bertz CT molecular complexity index is 432. The van der Waals surface area contributed by atoms with E-state index >= 15 is 0 Å². The molecule has 0 aliphatic carbocycles. The van der Waals surface area contributed by atoms with Gasteiger partial charge in [0.1, 0.15) is 12.2 Å². The van der Waals surface area contributed by atoms with E-state index in [4.69, 9.17) is 11.6 Å². The van der Waals surface area contributed by atoms with Crippen LogP contribution >= 0.6 is 11.6 Å². The summed E-state index contributed by atoms with van der Waals surface area (Å²) in [6, 6.07) is 4.33. The van der Waals surface area contributed by atoms with Crippen LogP contribution in [0.2, 0.25) is 5.02 Å². The lowest BCUT2D eigenvalue weighted by atomic mass is 10.2. The molecule has 0 aliphatic heterocycles. The van der Waals surface area contributed by atoms with Crippen LogP contribution in [-0.2, 0) is 9.53 Å². The molecule has 0 radical (unpaired) electrons. The van der Waals surface area contributed by atoms with Crippen molar-refractivity contribution in [1.82, 2.24) is 0 Å². The van der Waals surface area contributed by atoms with Gasteiger partial charge in [-0.05, 0) is 12.1 Å². The first-order valence-corrected chi connectivity index (χ1v) is 4.52. The van der Waals surface area contributed by atoms with Gasteiger partial charge in [0, 0.05) is 5.56 Å². The zero-order valence-corrected chi connectivity index (χ0v) is 8.77. The minimum Gasteiger partial charge on any atom is -0.468 e. The first kappa shape index (κ1) is 11.5. The second kappa shape index (κ2) is 5.38. The summed E-state index contributed by atoms with van der Waals surface area (Å²) in [6.45, 7) is 0. The van der Waals surface area contributed by atoms with Crippen molar-refractivity contribution in [2.75, 3.05) is 7.11 Å². The fraction of sp³-hybridized carbons (Fsp3) is 0.182. The van der Waals surface area contributed by atoms with Gasteiger partial charge in [0.05, 0.1) is 12.1 Å². The van der Waals surface area contributed by atoms with E-state index in [-0.39, 0.29) is 11.4 Å². The van der Waals surface area contributed by atoms with Crippen LogP contribution in [0, 0.1) is 17.7 Å². The van der Waals surface area contributed by atoms with Crippen molar-refractivity contribution in [2.45, 2.75) is 6.42 Å². The minimum absolute atomic E-state index is 0.0325. The molecule has 4 heteroatoms. The van der Waals surface area contributed by atoms with Crippen LogP contribution in [0.3, 0.4) is 0 Å². The first-order valence-electron chi connectivity index (χ1n) is 4.15. The molecule has 15 heavy (non-hydrogen) atoms. The largest absolute Gasteiger partial charge is 0.468 e. The van der Waals surface area contributed by atoms with Crippen LogP contribution in [-0.4, -0.2) is 13.1 Å². The third-order valence-electron chi connectivity index (χ3n) is 1.64. The second-order valence-electron chi connectivity index (χ2n) is 2.66. The highest BCUT2D eigenvalue weighted by Crippen LogP contribution is 2.18. The maximum absolute atomic E-state index is 12.9. The summed E-state index contributed by atoms with van der Waals surface area (Å²) in [5.74, 6) is 4.18. The van der Waals surface area contributed by atoms with E-state index in [9.17, 15) is 9.18 Å². The second-order valence-corrected chi connectivity index (χ2v) is 3.03. The number of benzene rings is 1. The lowest BCUT2D eigenvalue weighted by molar-refractivity contribution is -0.139. The summed E-state index contributed by atoms with van der Waals surface area (Å²) >= 11 is 5.65. The maximum Gasteiger partial charge on any atom is 0.317 e. The van der Waals surface area contributed by atoms with E-state index in [2.05, 4.69) is 16.6 Å². The molecule has 0 amide bonds. The Morgan fingerprint density at radius 1 is 1.60 bits per heavy atom. The summed E-state index contributed by atoms with van der Waals surface area (Å²) in [7, 11) is 1.28. The molecule has 0 aliphatic rings. The zero-order valence-electron chi connectivity index (χ0n) is 8.01. The third-order valence-corrected chi connectivity index (χ3v) is 2.02. The highest BCUT2D eigenvalue weighted by molar-refractivity contribution is 6.31. The Labute approximate surface area is 92.0 Å². The Balaban J connectivity index is 2.80. The standard InChI is InChI=1S/C11H8ClFO2/c1-15-10(14)7-3-5-8-4-2-6-9(13)11(8)12/h2,4,6H,7H2,1H3. The molecule has 0 atom stereocenters. The molecule has 0 unspecified atom stereocenters. The predicted molar refractivity (Wildman–Crippen MR) is 54.9 cm³/mol. The SMILES string of the molecule is COC(=O)CC#Cc1cccc(F)c1Cl. The van der Waals surface area contributed by atoms with Crippen LogP contribution in [0.4, 0.5) is 4.39 Å². The van der Waals surface area contributed by atoms with Gasteiger partial charge in [-0.15, -0.1) is 0 Å². The van der Waals surface area contributed by atoms with Crippen molar-refractivity contribution in [1.29, 1.82) is 0 Å². The number of hydrogen-bond donors (Lipinski definition) is 0. The number of methoxy groups -OCH3 is 1. The quantitative estimate of drug-likeness (QED) is 0.543. The van der Waals surface area contributed by atoms with Gasteiger partial charge in [-0.2, -0.15) is 0 Å². The van der Waals surface area contributed by atoms with E-state index in [1.165, 1.54) is 19.2 Å². The average Bonchev–Trinajstić information content (AvgIpc) is 2.24. The van der Waals surface area contributed by atoms with Crippen molar-refractivity contribution < 1.29 is 13.9 Å². The number of hydrogen-bond acceptors (Lipinski definition) is 2. The molecule has 2 nitrogen and oxygen atoms in total. The van der Waals surface area contributed by atoms with E-state index in [0.717, 1.165) is 0 Å². The van der Waals surface area contributed by atoms with Crippen molar-refractivity contribution in [3.63, 3.8) is 0 Å². The van der Waals surface area contributed by atoms with Crippen molar-refractivity contribution in [2.24, 2.45) is 0 Å². The molecular formula is C11H8ClFO2. The zero-order chi connectivity index (χ0) is 11.3. The first-order chi connectivity index (χ1) is 7.15. The van der Waals surface area contributed by atoms with Gasteiger partial charge in [-0.25, -0.2) is 4.39 Å². The van der Waals surface area contributed by atoms with Crippen molar-refractivity contribution in [3.05, 3.63) is 34.6 Å². The Morgan fingerprint density at radius 2 is 2.33 bits per heavy atom. The lowest BCUT2D eigenvalue weighted by Crippen LogP contribution is -1.97. The van der Waals surface area contributed by atoms with Gasteiger partial charge in [-0.3, -0.25) is 4.79 Å². The molecule has 0 heterocycles. The van der Waals surface area contributed by atoms with Gasteiger partial charge >= 0.3 is 5.97 Å². The Morgan fingerprint density at radius 3 is 3.00 bits per heavy atom. The predicted octanol–water partition coefficient (Wildman–Crippen LogP) is 2.39. The van der Waals surface area contributed by atoms with E-state index < -0.39 is 11.8 Å². The fourth-order valence-electron chi connectivity index (χ4n) is 0.884. The van der Waals surface area contributed by atoms with Crippen LogP contribution in [0.5, 0.6) is 0 Å². The maximum atomic E-state index is 12.9. The smallest absolute Gasteiger partial charge is 0.317 e. The van der Waals surface area contributed by atoms with Gasteiger partial charge in [-0.1, -0.05) is 29.5 Å². The molecule has 1 aromatic carbocycles. The van der Waals surface area contributed by atoms with Crippen molar-refractivity contribution >= 4 is 17.6 Å². The van der Waals surface area contributed by atoms with Crippen molar-refractivity contribution in [3.8, 4) is 11.8 Å². The molecule has 0 saturated carbocycles. The number of carbonyl (C=O) groups excluding carboxylic acids is 1. The average molecular weight is 227 g/mol. The molecule has 0 saturated heterocycles. The van der Waals surface area contributed by atoms with E-state index in [1.54, 1.807) is 6.07 Å². The minimum atomic E-state index is -0.526. The molecule has 78 valence electrons. The highest BCUT2D eigenvalue weighted by atomic mass is 35.5. The highest BCUT2D eigenvalue weighted by Gasteiger charge is 2.02. The summed E-state index contributed by atoms with van der Waals surface area (Å²) in [6.07, 6.45) is -0.0384. The molecule has 1 rings (SSSR count). The monoisotopic (exact) mass is 226 g/mol. The lowest BCUT2D eigenvalue weighted by Gasteiger charge is -1.95. The Hall–Kier alpha value is -1.53. The number of ether oxygens (including phenoxy) is 1. The number of carbonyl (C=O) groups is 1. The fourth-order valence-corrected chi connectivity index (χ4v) is 1.06. The Kier molecular flexibility index (Phi) is 4.14. The van der Waals surface area contributed by atoms with Gasteiger partial charge < -0.3 is 4.74 Å². The normalized spacial score (nSPS) is 9.00. The number of esters is 1. The molecule has 1 aromatic rings. The molecule has 0 N–H and O–H groups in total.